The van der Waals surface area contributed by atoms with Gasteiger partial charge >= 0.3 is 5.95 Å². The van der Waals surface area contributed by atoms with Crippen molar-refractivity contribution in [1.82, 2.24) is 14.8 Å². The standard InChI is InChI=1S/C8H12N4O4/c13-12(14)8-9-6-11(10-8)3-2-7-15-4-1-5-16-7/h6-7H,1-5H2. The fourth-order valence-electron chi connectivity index (χ4n) is 1.42. The zero-order chi connectivity index (χ0) is 11.4. The Morgan fingerprint density at radius 3 is 2.94 bits per heavy atom. The molecule has 0 aromatic carbocycles. The minimum Gasteiger partial charge on any atom is -0.390 e. The van der Waals surface area contributed by atoms with Crippen LogP contribution in [-0.4, -0.2) is 39.2 Å². The molecular formula is C8H12N4O4. The van der Waals surface area contributed by atoms with E-state index in [4.69, 9.17) is 9.47 Å². The molecule has 0 N–H and O–H groups in total. The molecule has 16 heavy (non-hydrogen) atoms. The number of rotatable bonds is 4. The zero-order valence-corrected chi connectivity index (χ0v) is 8.61. The molecule has 1 fully saturated rings. The SMILES string of the molecule is O=[N+]([O-])c1ncn(CCC2OCCCO2)n1. The molecule has 2 rings (SSSR count). The van der Waals surface area contributed by atoms with E-state index in [2.05, 4.69) is 10.1 Å². The van der Waals surface area contributed by atoms with E-state index in [0.29, 0.717) is 26.2 Å². The zero-order valence-electron chi connectivity index (χ0n) is 8.61. The first-order valence-electron chi connectivity index (χ1n) is 5.03. The Morgan fingerprint density at radius 1 is 1.56 bits per heavy atom. The van der Waals surface area contributed by atoms with Gasteiger partial charge < -0.3 is 19.6 Å². The second-order valence-electron chi connectivity index (χ2n) is 3.38. The first kappa shape index (κ1) is 11.0. The lowest BCUT2D eigenvalue weighted by molar-refractivity contribution is -0.394. The minimum absolute atomic E-state index is 0.239. The van der Waals surface area contributed by atoms with E-state index in [1.807, 2.05) is 0 Å². The molecule has 0 bridgehead atoms. The van der Waals surface area contributed by atoms with Crippen molar-refractivity contribution >= 4 is 5.95 Å². The Balaban J connectivity index is 1.81. The molecule has 88 valence electrons. The first-order chi connectivity index (χ1) is 7.75. The van der Waals surface area contributed by atoms with Crippen molar-refractivity contribution in [1.29, 1.82) is 0 Å². The Bertz CT molecular complexity index is 361. The average Bonchev–Trinajstić information content (AvgIpc) is 2.76. The highest BCUT2D eigenvalue weighted by Crippen LogP contribution is 2.09. The maximum Gasteiger partial charge on any atom is 0.490 e. The van der Waals surface area contributed by atoms with E-state index in [1.165, 1.54) is 11.0 Å². The molecule has 1 aliphatic rings. The van der Waals surface area contributed by atoms with Crippen LogP contribution >= 0.6 is 0 Å². The summed E-state index contributed by atoms with van der Waals surface area (Å²) in [4.78, 5) is 13.3. The Labute approximate surface area is 91.3 Å². The summed E-state index contributed by atoms with van der Waals surface area (Å²) in [6.07, 6.45) is 2.62. The summed E-state index contributed by atoms with van der Waals surface area (Å²) in [5.41, 5.74) is 0. The molecule has 8 nitrogen and oxygen atoms in total. The summed E-state index contributed by atoms with van der Waals surface area (Å²) in [7, 11) is 0. The lowest BCUT2D eigenvalue weighted by Crippen LogP contribution is -2.26. The molecule has 0 spiro atoms. The maximum atomic E-state index is 10.3. The number of aryl methyl sites for hydroxylation is 1. The number of hydrogen-bond donors (Lipinski definition) is 0. The highest BCUT2D eigenvalue weighted by molar-refractivity contribution is 4.96. The molecule has 0 radical (unpaired) electrons. The van der Waals surface area contributed by atoms with Crippen LogP contribution in [0.15, 0.2) is 6.33 Å². The molecule has 0 atom stereocenters. The summed E-state index contributed by atoms with van der Waals surface area (Å²) in [5.74, 6) is -0.384. The van der Waals surface area contributed by atoms with Gasteiger partial charge in [0.25, 0.3) is 0 Å². The van der Waals surface area contributed by atoms with E-state index in [-0.39, 0.29) is 12.2 Å². The summed E-state index contributed by atoms with van der Waals surface area (Å²) in [6, 6.07) is 0. The average molecular weight is 228 g/mol. The minimum atomic E-state index is -0.621. The summed E-state index contributed by atoms with van der Waals surface area (Å²) < 4.78 is 12.1. The van der Waals surface area contributed by atoms with Crippen LogP contribution in [0.1, 0.15) is 12.8 Å². The molecular weight excluding hydrogens is 216 g/mol. The van der Waals surface area contributed by atoms with Crippen molar-refractivity contribution in [3.63, 3.8) is 0 Å². The van der Waals surface area contributed by atoms with Gasteiger partial charge in [-0.1, -0.05) is 4.98 Å². The first-order valence-corrected chi connectivity index (χ1v) is 5.03. The lowest BCUT2D eigenvalue weighted by atomic mass is 10.3. The lowest BCUT2D eigenvalue weighted by Gasteiger charge is -2.22. The van der Waals surface area contributed by atoms with E-state index in [1.54, 1.807) is 0 Å². The van der Waals surface area contributed by atoms with Crippen molar-refractivity contribution in [3.05, 3.63) is 16.4 Å². The third kappa shape index (κ3) is 2.74. The molecule has 1 aliphatic heterocycles. The number of aromatic nitrogens is 3. The van der Waals surface area contributed by atoms with Gasteiger partial charge in [0.1, 0.15) is 0 Å². The van der Waals surface area contributed by atoms with Crippen molar-refractivity contribution in [2.75, 3.05) is 13.2 Å². The topological polar surface area (TPSA) is 92.3 Å². The smallest absolute Gasteiger partial charge is 0.390 e. The maximum absolute atomic E-state index is 10.3. The van der Waals surface area contributed by atoms with E-state index in [9.17, 15) is 10.1 Å². The predicted molar refractivity (Wildman–Crippen MR) is 51.6 cm³/mol. The molecule has 0 unspecified atom stereocenters. The number of nitrogens with zero attached hydrogens (tertiary/aromatic N) is 4. The Kier molecular flexibility index (Phi) is 3.42. The number of ether oxygens (including phenoxy) is 2. The van der Waals surface area contributed by atoms with Gasteiger partial charge in [0, 0.05) is 11.5 Å². The van der Waals surface area contributed by atoms with Crippen molar-refractivity contribution in [2.45, 2.75) is 25.7 Å². The highest BCUT2D eigenvalue weighted by Gasteiger charge is 2.17. The van der Waals surface area contributed by atoms with Crippen LogP contribution in [0.2, 0.25) is 0 Å². The van der Waals surface area contributed by atoms with Crippen LogP contribution in [0, 0.1) is 10.1 Å². The summed E-state index contributed by atoms with van der Waals surface area (Å²) in [5, 5.41) is 14.0. The molecule has 2 heterocycles. The fourth-order valence-corrected chi connectivity index (χ4v) is 1.42. The van der Waals surface area contributed by atoms with Crippen LogP contribution in [0.4, 0.5) is 5.95 Å². The normalized spacial score (nSPS) is 17.5. The van der Waals surface area contributed by atoms with Crippen LogP contribution < -0.4 is 0 Å². The quantitative estimate of drug-likeness (QED) is 0.545. The van der Waals surface area contributed by atoms with Gasteiger partial charge in [0.2, 0.25) is 6.33 Å². The molecule has 0 amide bonds. The second kappa shape index (κ2) is 4.99. The van der Waals surface area contributed by atoms with Gasteiger partial charge in [-0.25, -0.2) is 0 Å². The number of hydrogen-bond acceptors (Lipinski definition) is 6. The van der Waals surface area contributed by atoms with Gasteiger partial charge in [0.05, 0.1) is 19.8 Å². The van der Waals surface area contributed by atoms with Crippen LogP contribution in [-0.2, 0) is 16.0 Å². The van der Waals surface area contributed by atoms with Crippen molar-refractivity contribution in [3.8, 4) is 0 Å². The van der Waals surface area contributed by atoms with Crippen LogP contribution in [0.3, 0.4) is 0 Å². The van der Waals surface area contributed by atoms with Crippen molar-refractivity contribution in [2.24, 2.45) is 0 Å². The monoisotopic (exact) mass is 228 g/mol. The molecule has 1 aromatic heterocycles. The van der Waals surface area contributed by atoms with Gasteiger partial charge in [-0.05, 0) is 11.3 Å². The largest absolute Gasteiger partial charge is 0.490 e. The Morgan fingerprint density at radius 2 is 2.31 bits per heavy atom. The molecule has 8 heteroatoms. The van der Waals surface area contributed by atoms with Crippen LogP contribution in [0.5, 0.6) is 0 Å². The molecule has 0 aliphatic carbocycles. The second-order valence-corrected chi connectivity index (χ2v) is 3.38. The molecule has 1 aromatic rings. The van der Waals surface area contributed by atoms with Gasteiger partial charge in [-0.15, -0.1) is 0 Å². The molecule has 1 saturated heterocycles. The van der Waals surface area contributed by atoms with E-state index in [0.717, 1.165) is 6.42 Å². The highest BCUT2D eigenvalue weighted by atomic mass is 16.7. The third-order valence-corrected chi connectivity index (χ3v) is 2.18. The van der Waals surface area contributed by atoms with Gasteiger partial charge in [-0.3, -0.25) is 0 Å². The fraction of sp³-hybridized carbons (Fsp3) is 0.750. The van der Waals surface area contributed by atoms with Gasteiger partial charge in [0.15, 0.2) is 6.29 Å². The van der Waals surface area contributed by atoms with Crippen LogP contribution in [0.25, 0.3) is 0 Å². The van der Waals surface area contributed by atoms with Crippen molar-refractivity contribution < 1.29 is 14.4 Å². The Hall–Kier alpha value is -1.54. The third-order valence-electron chi connectivity index (χ3n) is 2.18. The van der Waals surface area contributed by atoms with E-state index >= 15 is 0 Å². The predicted octanol–water partition coefficient (Wildman–Crippen LogP) is 0.339. The van der Waals surface area contributed by atoms with Gasteiger partial charge in [-0.2, -0.15) is 4.68 Å². The summed E-state index contributed by atoms with van der Waals surface area (Å²) in [6.45, 7) is 1.88. The van der Waals surface area contributed by atoms with E-state index < -0.39 is 4.92 Å². The number of nitro groups is 1. The summed E-state index contributed by atoms with van der Waals surface area (Å²) >= 11 is 0. The molecule has 0 saturated carbocycles.